The molecule has 314 valence electrons. The number of furan rings is 1. The molecule has 0 saturated heterocycles. The van der Waals surface area contributed by atoms with E-state index in [0.717, 1.165) is 88.9 Å². The number of anilines is 6. The molecule has 0 amide bonds. The zero-order chi connectivity index (χ0) is 44.3. The first-order valence-electron chi connectivity index (χ1n) is 22.4. The maximum absolute atomic E-state index is 15.5. The highest BCUT2D eigenvalue weighted by atomic mass is 19.1. The third-order valence-corrected chi connectivity index (χ3v) is 13.9. The summed E-state index contributed by atoms with van der Waals surface area (Å²) in [5.41, 5.74) is 16.9. The molecule has 66 heavy (non-hydrogen) atoms. The Labute approximate surface area is 381 Å². The molecule has 0 radical (unpaired) electrons. The first kappa shape index (κ1) is 38.2. The highest BCUT2D eigenvalue weighted by molar-refractivity contribution is 6.24. The van der Waals surface area contributed by atoms with Gasteiger partial charge >= 0.3 is 0 Å². The van der Waals surface area contributed by atoms with Crippen LogP contribution in [0, 0.1) is 25.5 Å². The number of fused-ring (bicyclic) bond motifs is 16. The Balaban J connectivity index is 1.24. The van der Waals surface area contributed by atoms with Gasteiger partial charge in [-0.3, -0.25) is 0 Å². The smallest absolute Gasteiger partial charge is 0.160 e. The molecule has 11 aromatic rings. The average Bonchev–Trinajstić information content (AvgIpc) is 3.97. The van der Waals surface area contributed by atoms with Crippen LogP contribution in [0.3, 0.4) is 0 Å². The van der Waals surface area contributed by atoms with E-state index in [9.17, 15) is 0 Å². The van der Waals surface area contributed by atoms with Crippen LogP contribution in [0.2, 0.25) is 0 Å². The summed E-state index contributed by atoms with van der Waals surface area (Å²) < 4.78 is 38.1. The molecule has 13 rings (SSSR count). The lowest BCUT2D eigenvalue weighted by molar-refractivity contribution is 0.627. The van der Waals surface area contributed by atoms with Crippen molar-refractivity contribution in [1.29, 1.82) is 0 Å². The number of benzene rings is 10. The Morgan fingerprint density at radius 2 is 0.879 bits per heavy atom. The van der Waals surface area contributed by atoms with Crippen molar-refractivity contribution >= 4 is 66.8 Å². The van der Waals surface area contributed by atoms with E-state index in [2.05, 4.69) is 169 Å². The highest BCUT2D eigenvalue weighted by Gasteiger charge is 2.54. The van der Waals surface area contributed by atoms with Gasteiger partial charge in [0.1, 0.15) is 17.2 Å². The van der Waals surface area contributed by atoms with E-state index < -0.39 is 5.41 Å². The maximum atomic E-state index is 15.5. The molecule has 0 fully saturated rings. The van der Waals surface area contributed by atoms with Crippen LogP contribution in [-0.2, 0) is 5.41 Å². The molecular weight excluding hydrogens is 815 g/mol. The lowest BCUT2D eigenvalue weighted by atomic mass is 9.70. The lowest BCUT2D eigenvalue weighted by Crippen LogP contribution is -2.26. The number of hydrogen-bond donors (Lipinski definition) is 0. The van der Waals surface area contributed by atoms with Gasteiger partial charge in [-0.15, -0.1) is 0 Å². The van der Waals surface area contributed by atoms with Gasteiger partial charge in [0.2, 0.25) is 0 Å². The van der Waals surface area contributed by atoms with Gasteiger partial charge in [-0.1, -0.05) is 139 Å². The number of hydrogen-bond acceptors (Lipinski definition) is 3. The van der Waals surface area contributed by atoms with Crippen molar-refractivity contribution in [2.24, 2.45) is 0 Å². The summed E-state index contributed by atoms with van der Waals surface area (Å²) in [5.74, 6) is -0.639. The normalized spacial score (nSPS) is 13.0. The zero-order valence-electron chi connectivity index (χ0n) is 36.2. The van der Waals surface area contributed by atoms with Gasteiger partial charge in [-0.25, -0.2) is 8.78 Å². The second-order valence-electron chi connectivity index (χ2n) is 17.6. The standard InChI is InChI=1S/C61H40F2N2O/c1-37-25-29-41(30-26-37)64(43-15-11-13-39(62)33-43)54-35-52-57(48-20-4-3-19-47(48)54)59-53(61(52)50-22-8-5-17-45(50)46-18-6-9-23-51(46)61)36-55(60-58(59)49-21-7-10-24-56(49)66-60)65(42-31-27-38(2)28-32-42)44-16-12-14-40(63)34-44/h3-36H,1-2H3. The fraction of sp³-hybridized carbons (Fsp3) is 0.0492. The summed E-state index contributed by atoms with van der Waals surface area (Å²) in [6.45, 7) is 4.16. The summed E-state index contributed by atoms with van der Waals surface area (Å²) in [6.07, 6.45) is 0. The second-order valence-corrected chi connectivity index (χ2v) is 17.6. The summed E-state index contributed by atoms with van der Waals surface area (Å²) in [6, 6.07) is 69.7. The number of nitrogens with zero attached hydrogens (tertiary/aromatic N) is 2. The second kappa shape index (κ2) is 14.4. The van der Waals surface area contributed by atoms with Crippen molar-refractivity contribution in [3.8, 4) is 22.3 Å². The van der Waals surface area contributed by atoms with Crippen molar-refractivity contribution in [3.63, 3.8) is 0 Å². The molecule has 1 spiro atoms. The molecule has 0 aliphatic heterocycles. The van der Waals surface area contributed by atoms with Crippen molar-refractivity contribution < 1.29 is 13.2 Å². The summed E-state index contributed by atoms with van der Waals surface area (Å²) in [4.78, 5) is 4.34. The van der Waals surface area contributed by atoms with Crippen LogP contribution in [0.1, 0.15) is 33.4 Å². The van der Waals surface area contributed by atoms with Gasteiger partial charge in [-0.2, -0.15) is 0 Å². The topological polar surface area (TPSA) is 19.6 Å². The van der Waals surface area contributed by atoms with Gasteiger partial charge in [0.25, 0.3) is 0 Å². The van der Waals surface area contributed by atoms with E-state index in [0.29, 0.717) is 11.3 Å². The predicted octanol–water partition coefficient (Wildman–Crippen LogP) is 16.9. The van der Waals surface area contributed by atoms with Crippen molar-refractivity contribution in [2.75, 3.05) is 9.80 Å². The molecular formula is C61H40F2N2O. The summed E-state index contributed by atoms with van der Waals surface area (Å²) in [5, 5.41) is 4.07. The van der Waals surface area contributed by atoms with Gasteiger partial charge in [0, 0.05) is 38.9 Å². The van der Waals surface area contributed by atoms with Crippen LogP contribution < -0.4 is 9.80 Å². The van der Waals surface area contributed by atoms with E-state index >= 15 is 8.78 Å². The van der Waals surface area contributed by atoms with Gasteiger partial charge in [0.05, 0.1) is 16.8 Å². The van der Waals surface area contributed by atoms with Crippen LogP contribution in [0.4, 0.5) is 42.9 Å². The van der Waals surface area contributed by atoms with Crippen LogP contribution in [0.15, 0.2) is 211 Å². The van der Waals surface area contributed by atoms with Crippen molar-refractivity contribution in [3.05, 3.63) is 251 Å². The van der Waals surface area contributed by atoms with E-state index in [4.69, 9.17) is 4.42 Å². The van der Waals surface area contributed by atoms with E-state index in [1.807, 2.05) is 24.3 Å². The molecule has 0 bridgehead atoms. The highest BCUT2D eigenvalue weighted by Crippen LogP contribution is 2.67. The number of para-hydroxylation sites is 1. The minimum absolute atomic E-state index is 0.309. The maximum Gasteiger partial charge on any atom is 0.160 e. The average molecular weight is 855 g/mol. The quantitative estimate of drug-likeness (QED) is 0.166. The number of halogens is 2. The third kappa shape index (κ3) is 5.40. The SMILES string of the molecule is Cc1ccc(N(c2cccc(F)c2)c2cc3c(c4ccccc24)-c2c(cc(N(c4ccc(C)cc4)c4cccc(F)c4)c4oc5ccccc5c24)C32c3ccccc3-c3ccccc32)cc1. The molecule has 10 aromatic carbocycles. The van der Waals surface area contributed by atoms with Gasteiger partial charge in [0.15, 0.2) is 5.58 Å². The van der Waals surface area contributed by atoms with E-state index in [1.54, 1.807) is 24.3 Å². The zero-order valence-corrected chi connectivity index (χ0v) is 36.2. The Morgan fingerprint density at radius 3 is 1.47 bits per heavy atom. The molecule has 1 heterocycles. The molecule has 5 heteroatoms. The van der Waals surface area contributed by atoms with Gasteiger partial charge in [-0.05, 0) is 143 Å². The van der Waals surface area contributed by atoms with Crippen LogP contribution in [0.25, 0.3) is 55.0 Å². The third-order valence-electron chi connectivity index (χ3n) is 13.9. The monoisotopic (exact) mass is 854 g/mol. The van der Waals surface area contributed by atoms with E-state index in [1.165, 1.54) is 34.4 Å². The Kier molecular flexibility index (Phi) is 8.31. The largest absolute Gasteiger partial charge is 0.454 e. The van der Waals surface area contributed by atoms with Gasteiger partial charge < -0.3 is 14.2 Å². The first-order valence-corrected chi connectivity index (χ1v) is 22.4. The fourth-order valence-electron chi connectivity index (χ4n) is 11.1. The molecule has 0 unspecified atom stereocenters. The number of aryl methyl sites for hydroxylation is 2. The van der Waals surface area contributed by atoms with Crippen LogP contribution >= 0.6 is 0 Å². The van der Waals surface area contributed by atoms with E-state index in [-0.39, 0.29) is 11.6 Å². The minimum atomic E-state index is -0.834. The lowest BCUT2D eigenvalue weighted by Gasteiger charge is -2.34. The Morgan fingerprint density at radius 1 is 0.394 bits per heavy atom. The number of rotatable bonds is 6. The van der Waals surface area contributed by atoms with Crippen LogP contribution in [0.5, 0.6) is 0 Å². The molecule has 0 atom stereocenters. The molecule has 1 aromatic heterocycles. The first-order chi connectivity index (χ1) is 32.4. The minimum Gasteiger partial charge on any atom is -0.454 e. The summed E-state index contributed by atoms with van der Waals surface area (Å²) in [7, 11) is 0. The molecule has 0 N–H and O–H groups in total. The predicted molar refractivity (Wildman–Crippen MR) is 266 cm³/mol. The molecule has 3 nitrogen and oxygen atoms in total. The molecule has 2 aliphatic rings. The Bertz CT molecular complexity index is 3730. The molecule has 2 aliphatic carbocycles. The fourth-order valence-corrected chi connectivity index (χ4v) is 11.1. The van der Waals surface area contributed by atoms with Crippen molar-refractivity contribution in [2.45, 2.75) is 19.3 Å². The van der Waals surface area contributed by atoms with Crippen molar-refractivity contribution in [1.82, 2.24) is 0 Å². The summed E-state index contributed by atoms with van der Waals surface area (Å²) >= 11 is 0. The molecule has 0 saturated carbocycles. The Hall–Kier alpha value is -8.28. The van der Waals surface area contributed by atoms with Crippen LogP contribution in [-0.4, -0.2) is 0 Å².